The van der Waals surface area contributed by atoms with Gasteiger partial charge in [0, 0.05) is 12.0 Å². The van der Waals surface area contributed by atoms with Crippen molar-refractivity contribution in [2.24, 2.45) is 5.10 Å². The quantitative estimate of drug-likeness (QED) is 0.838. The molecule has 1 atom stereocenters. The van der Waals surface area contributed by atoms with Crippen LogP contribution in [0.2, 0.25) is 0 Å². The Labute approximate surface area is 146 Å². The van der Waals surface area contributed by atoms with Crippen LogP contribution in [-0.2, 0) is 0 Å². The Morgan fingerprint density at radius 2 is 1.58 bits per heavy atom. The maximum atomic E-state index is 13.2. The predicted octanol–water partition coefficient (Wildman–Crippen LogP) is 3.77. The van der Waals surface area contributed by atoms with Gasteiger partial charge in [-0.1, -0.05) is 42.5 Å². The second-order valence-corrected chi connectivity index (χ2v) is 5.81. The third kappa shape index (κ3) is 3.20. The minimum atomic E-state index is -3.45. The van der Waals surface area contributed by atoms with Crippen molar-refractivity contribution in [2.75, 3.05) is 0 Å². The zero-order chi connectivity index (χ0) is 18.9. The number of benzene rings is 2. The molecule has 0 aliphatic carbocycles. The summed E-state index contributed by atoms with van der Waals surface area (Å²) in [6.07, 6.45) is -7.69. The molecule has 1 aliphatic rings. The van der Waals surface area contributed by atoms with E-state index in [9.17, 15) is 27.5 Å². The van der Waals surface area contributed by atoms with E-state index in [-0.39, 0.29) is 10.6 Å². The number of rotatable bonds is 4. The molecule has 1 amide bonds. The van der Waals surface area contributed by atoms with Gasteiger partial charge in [0.2, 0.25) is 5.72 Å². The number of hydrazone groups is 1. The number of hydrogen-bond donors (Lipinski definition) is 1. The van der Waals surface area contributed by atoms with Crippen molar-refractivity contribution in [1.82, 2.24) is 5.01 Å². The monoisotopic (exact) mass is 366 g/mol. The van der Waals surface area contributed by atoms with Gasteiger partial charge in [-0.05, 0) is 23.3 Å². The van der Waals surface area contributed by atoms with Crippen molar-refractivity contribution >= 4 is 11.6 Å². The molecule has 0 spiro atoms. The zero-order valence-corrected chi connectivity index (χ0v) is 13.3. The third-order valence-corrected chi connectivity index (χ3v) is 4.07. The van der Waals surface area contributed by atoms with E-state index < -0.39 is 36.6 Å². The molecule has 1 aliphatic heterocycles. The Hall–Kier alpha value is -2.74. The van der Waals surface area contributed by atoms with Gasteiger partial charge >= 0.3 is 0 Å². The van der Waals surface area contributed by atoms with Crippen LogP contribution in [0.25, 0.3) is 11.1 Å². The van der Waals surface area contributed by atoms with Crippen molar-refractivity contribution in [3.63, 3.8) is 0 Å². The fourth-order valence-electron chi connectivity index (χ4n) is 2.66. The van der Waals surface area contributed by atoms with Crippen LogP contribution in [0.15, 0.2) is 59.7 Å². The Balaban J connectivity index is 1.90. The molecule has 1 heterocycles. The smallest absolute Gasteiger partial charge is 0.287 e. The highest BCUT2D eigenvalue weighted by molar-refractivity contribution is 5.99. The van der Waals surface area contributed by atoms with Gasteiger partial charge in [-0.2, -0.15) is 10.1 Å². The third-order valence-electron chi connectivity index (χ3n) is 4.07. The predicted molar refractivity (Wildman–Crippen MR) is 87.1 cm³/mol. The molecular formula is C18H14F4N2O2. The van der Waals surface area contributed by atoms with Crippen molar-refractivity contribution in [2.45, 2.75) is 25.0 Å². The molecule has 2 aromatic rings. The van der Waals surface area contributed by atoms with Crippen LogP contribution in [-0.4, -0.2) is 40.3 Å². The number of carbonyl (C=O) groups excluding carboxylic acids is 1. The van der Waals surface area contributed by atoms with Gasteiger partial charge in [0.15, 0.2) is 0 Å². The van der Waals surface area contributed by atoms with E-state index in [1.807, 2.05) is 30.3 Å². The zero-order valence-electron chi connectivity index (χ0n) is 13.3. The molecule has 1 N–H and O–H groups in total. The topological polar surface area (TPSA) is 52.9 Å². The summed E-state index contributed by atoms with van der Waals surface area (Å²) < 4.78 is 52.0. The number of halogens is 4. The lowest BCUT2D eigenvalue weighted by molar-refractivity contribution is -0.164. The minimum Gasteiger partial charge on any atom is -0.364 e. The van der Waals surface area contributed by atoms with Crippen LogP contribution in [0, 0.1) is 0 Å². The van der Waals surface area contributed by atoms with Gasteiger partial charge in [-0.25, -0.2) is 17.6 Å². The first-order valence-corrected chi connectivity index (χ1v) is 7.69. The van der Waals surface area contributed by atoms with Crippen molar-refractivity contribution < 1.29 is 27.5 Å². The maximum absolute atomic E-state index is 13.2. The van der Waals surface area contributed by atoms with Gasteiger partial charge in [-0.3, -0.25) is 4.79 Å². The molecule has 3 rings (SSSR count). The van der Waals surface area contributed by atoms with E-state index in [4.69, 9.17) is 0 Å². The van der Waals surface area contributed by atoms with Crippen LogP contribution < -0.4 is 0 Å². The van der Waals surface area contributed by atoms with Gasteiger partial charge in [0.1, 0.15) is 5.71 Å². The second kappa shape index (κ2) is 6.87. The normalized spacial score (nSPS) is 20.0. The Bertz CT molecular complexity index is 825. The van der Waals surface area contributed by atoms with E-state index >= 15 is 0 Å². The molecule has 2 aromatic carbocycles. The SMILES string of the molecule is O=C(c1ccc(-c2ccccc2)cc1)N1N=C(C(F)F)C[C@@]1(O)C(F)F. The molecule has 0 aromatic heterocycles. The molecule has 0 radical (unpaired) electrons. The molecule has 26 heavy (non-hydrogen) atoms. The van der Waals surface area contributed by atoms with E-state index in [0.29, 0.717) is 0 Å². The number of aliphatic hydroxyl groups is 1. The fraction of sp³-hybridized carbons (Fsp3) is 0.222. The number of hydrogen-bond acceptors (Lipinski definition) is 3. The van der Waals surface area contributed by atoms with Crippen LogP contribution in [0.4, 0.5) is 17.6 Å². The average Bonchev–Trinajstić information content (AvgIpc) is 3.01. The van der Waals surface area contributed by atoms with Crippen LogP contribution in [0.3, 0.4) is 0 Å². The highest BCUT2D eigenvalue weighted by Crippen LogP contribution is 2.34. The van der Waals surface area contributed by atoms with Crippen molar-refractivity contribution in [1.29, 1.82) is 0 Å². The molecular weight excluding hydrogens is 352 g/mol. The Kier molecular flexibility index (Phi) is 4.78. The number of carbonyl (C=O) groups is 1. The summed E-state index contributed by atoms with van der Waals surface area (Å²) in [5.41, 5.74) is -2.43. The summed E-state index contributed by atoms with van der Waals surface area (Å²) in [4.78, 5) is 12.5. The summed E-state index contributed by atoms with van der Waals surface area (Å²) in [5, 5.41) is 13.3. The van der Waals surface area contributed by atoms with Crippen molar-refractivity contribution in [3.05, 3.63) is 60.2 Å². The lowest BCUT2D eigenvalue weighted by atomic mass is 10.0. The first-order valence-electron chi connectivity index (χ1n) is 7.69. The standard InChI is InChI=1S/C18H14F4N2O2/c19-15(20)14-10-18(26,17(21)22)24(23-14)16(25)13-8-6-12(7-9-13)11-4-2-1-3-5-11/h1-9,15,17,26H,10H2/t18-/m1/s1. The Morgan fingerprint density at radius 3 is 2.12 bits per heavy atom. The lowest BCUT2D eigenvalue weighted by Gasteiger charge is -2.30. The summed E-state index contributed by atoms with van der Waals surface area (Å²) in [7, 11) is 0. The van der Waals surface area contributed by atoms with E-state index in [1.165, 1.54) is 12.1 Å². The average molecular weight is 366 g/mol. The molecule has 136 valence electrons. The maximum Gasteiger partial charge on any atom is 0.287 e. The van der Waals surface area contributed by atoms with E-state index in [1.54, 1.807) is 12.1 Å². The number of alkyl halides is 4. The summed E-state index contributed by atoms with van der Waals surface area (Å²) in [6, 6.07) is 15.1. The summed E-state index contributed by atoms with van der Waals surface area (Å²) in [5.74, 6) is -1.08. The lowest BCUT2D eigenvalue weighted by Crippen LogP contribution is -2.51. The van der Waals surface area contributed by atoms with Gasteiger partial charge in [-0.15, -0.1) is 0 Å². The van der Waals surface area contributed by atoms with E-state index in [0.717, 1.165) is 11.1 Å². The highest BCUT2D eigenvalue weighted by atomic mass is 19.3. The first kappa shape index (κ1) is 18.1. The highest BCUT2D eigenvalue weighted by Gasteiger charge is 2.53. The first-order chi connectivity index (χ1) is 12.3. The molecule has 0 saturated carbocycles. The fourth-order valence-corrected chi connectivity index (χ4v) is 2.66. The van der Waals surface area contributed by atoms with Crippen LogP contribution >= 0.6 is 0 Å². The second-order valence-electron chi connectivity index (χ2n) is 5.81. The molecule has 0 fully saturated rings. The van der Waals surface area contributed by atoms with Gasteiger partial charge < -0.3 is 5.11 Å². The van der Waals surface area contributed by atoms with E-state index in [2.05, 4.69) is 5.10 Å². The van der Waals surface area contributed by atoms with Crippen LogP contribution in [0.1, 0.15) is 16.8 Å². The molecule has 0 unspecified atom stereocenters. The molecule has 0 saturated heterocycles. The molecule has 4 nitrogen and oxygen atoms in total. The number of nitrogens with zero attached hydrogens (tertiary/aromatic N) is 2. The summed E-state index contributed by atoms with van der Waals surface area (Å²) >= 11 is 0. The molecule has 0 bridgehead atoms. The minimum absolute atomic E-state index is 0.0523. The van der Waals surface area contributed by atoms with Gasteiger partial charge in [0.25, 0.3) is 18.8 Å². The Morgan fingerprint density at radius 1 is 1.00 bits per heavy atom. The summed E-state index contributed by atoms with van der Waals surface area (Å²) in [6.45, 7) is 0. The molecule has 8 heteroatoms. The van der Waals surface area contributed by atoms with Crippen LogP contribution in [0.5, 0.6) is 0 Å². The van der Waals surface area contributed by atoms with Gasteiger partial charge in [0.05, 0.1) is 0 Å². The number of amides is 1. The van der Waals surface area contributed by atoms with Crippen molar-refractivity contribution in [3.8, 4) is 11.1 Å². The largest absolute Gasteiger partial charge is 0.364 e.